The number of nitrogens with zero attached hydrogens (tertiary/aromatic N) is 3. The Kier molecular flexibility index (Phi) is 8.71. The van der Waals surface area contributed by atoms with Crippen LogP contribution in [0.15, 0.2) is 72.8 Å². The molecule has 10 heteroatoms. The van der Waals surface area contributed by atoms with Gasteiger partial charge in [-0.3, -0.25) is 14.4 Å². The molecular weight excluding hydrogens is 602 g/mol. The molecule has 0 saturated carbocycles. The van der Waals surface area contributed by atoms with E-state index in [9.17, 15) is 19.5 Å². The van der Waals surface area contributed by atoms with E-state index in [4.69, 9.17) is 9.47 Å². The molecule has 4 aliphatic heterocycles. The van der Waals surface area contributed by atoms with Gasteiger partial charge in [-0.1, -0.05) is 44.6 Å². The highest BCUT2D eigenvalue weighted by molar-refractivity contribution is 8.02. The summed E-state index contributed by atoms with van der Waals surface area (Å²) < 4.78 is 9.20. The molecule has 2 saturated heterocycles. The summed E-state index contributed by atoms with van der Waals surface area (Å²) in [5.74, 6) is -0.837. The quantitative estimate of drug-likeness (QED) is 0.395. The van der Waals surface area contributed by atoms with E-state index >= 15 is 0 Å². The van der Waals surface area contributed by atoms with Crippen LogP contribution in [0, 0.1) is 17.8 Å². The molecule has 0 aromatic heterocycles. The average molecular weight is 646 g/mol. The van der Waals surface area contributed by atoms with Gasteiger partial charge in [-0.2, -0.15) is 0 Å². The highest BCUT2D eigenvalue weighted by Crippen LogP contribution is 2.66. The van der Waals surface area contributed by atoms with Crippen LogP contribution in [0.25, 0.3) is 0 Å². The molecule has 4 heterocycles. The fourth-order valence-corrected chi connectivity index (χ4v) is 9.89. The standard InChI is InChI=1S/C36H43N3O6S/c1-6-23(3)28(22-40)39-31-34(43)38(25-10-14-26(44-5)15-11-25)21-9-19-36(31)30(33(39)42)29-32(41)37(20-8-18-35(29,4)46-36)24-12-16-27(17-13-24)45-7-2/h8-19,23,28-31,40H,6-7,20-22H2,1-5H3/t23-,28-,29+,30-,31?,35-,36-/m0/s1. The van der Waals surface area contributed by atoms with Gasteiger partial charge in [0.25, 0.3) is 5.91 Å². The van der Waals surface area contributed by atoms with Gasteiger partial charge < -0.3 is 29.3 Å². The van der Waals surface area contributed by atoms with Crippen LogP contribution in [0.3, 0.4) is 0 Å². The molecule has 6 rings (SSSR count). The number of fused-ring (bicyclic) bond motifs is 2. The van der Waals surface area contributed by atoms with E-state index in [1.54, 1.807) is 33.6 Å². The fraction of sp³-hybridized carbons (Fsp3) is 0.472. The number of hydrogen-bond acceptors (Lipinski definition) is 7. The largest absolute Gasteiger partial charge is 0.497 e. The first kappa shape index (κ1) is 32.2. The van der Waals surface area contributed by atoms with E-state index in [1.165, 1.54) is 0 Å². The third kappa shape index (κ3) is 5.01. The number of carbonyl (C=O) groups excluding carboxylic acids is 3. The fourth-order valence-electron chi connectivity index (χ4n) is 7.75. The molecule has 0 aliphatic carbocycles. The van der Waals surface area contributed by atoms with Gasteiger partial charge in [0.2, 0.25) is 11.8 Å². The minimum absolute atomic E-state index is 0.0687. The molecule has 1 unspecified atom stereocenters. The number of aliphatic hydroxyl groups excluding tert-OH is 1. The first-order chi connectivity index (χ1) is 22.1. The van der Waals surface area contributed by atoms with Gasteiger partial charge in [-0.05, 0) is 68.3 Å². The van der Waals surface area contributed by atoms with Crippen molar-refractivity contribution < 1.29 is 29.0 Å². The Morgan fingerprint density at radius 1 is 0.870 bits per heavy atom. The zero-order valence-corrected chi connectivity index (χ0v) is 27.9. The number of carbonyl (C=O) groups is 3. The van der Waals surface area contributed by atoms with Crippen LogP contribution >= 0.6 is 11.8 Å². The lowest BCUT2D eigenvalue weighted by molar-refractivity contribution is -0.143. The van der Waals surface area contributed by atoms with Crippen LogP contribution in [-0.4, -0.2) is 82.7 Å². The molecule has 7 atom stereocenters. The van der Waals surface area contributed by atoms with Crippen LogP contribution in [0.1, 0.15) is 34.1 Å². The molecule has 0 bridgehead atoms. The van der Waals surface area contributed by atoms with Crippen molar-refractivity contribution in [1.29, 1.82) is 0 Å². The van der Waals surface area contributed by atoms with E-state index in [0.717, 1.165) is 11.4 Å². The van der Waals surface area contributed by atoms with Crippen LogP contribution in [0.5, 0.6) is 11.5 Å². The van der Waals surface area contributed by atoms with Crippen molar-refractivity contribution in [2.45, 2.75) is 55.7 Å². The molecule has 46 heavy (non-hydrogen) atoms. The Morgan fingerprint density at radius 3 is 2.02 bits per heavy atom. The van der Waals surface area contributed by atoms with Gasteiger partial charge >= 0.3 is 0 Å². The number of methoxy groups -OCH3 is 1. The summed E-state index contributed by atoms with van der Waals surface area (Å²) in [6, 6.07) is 13.3. The number of anilines is 2. The maximum absolute atomic E-state index is 14.9. The lowest BCUT2D eigenvalue weighted by atomic mass is 9.74. The summed E-state index contributed by atoms with van der Waals surface area (Å²) in [5.41, 5.74) is 1.41. The molecule has 3 amide bonds. The topological polar surface area (TPSA) is 99.6 Å². The number of amides is 3. The predicted octanol–water partition coefficient (Wildman–Crippen LogP) is 4.69. The Labute approximate surface area is 275 Å². The zero-order chi connectivity index (χ0) is 32.8. The SMILES string of the molecule is CCOc1ccc(N2CC=C[C@]3(C)S[C@]45C=CCN(c6ccc(OC)cc6)C(=O)C4N([C@@H](CO)[C@@H](C)CC)C(=O)[C@@H]5[C@@H]3C2=O)cc1. The maximum Gasteiger partial charge on any atom is 0.251 e. The van der Waals surface area contributed by atoms with Crippen molar-refractivity contribution in [3.05, 3.63) is 72.8 Å². The van der Waals surface area contributed by atoms with Gasteiger partial charge in [0.1, 0.15) is 17.5 Å². The van der Waals surface area contributed by atoms with E-state index in [1.807, 2.05) is 94.5 Å². The minimum Gasteiger partial charge on any atom is -0.497 e. The van der Waals surface area contributed by atoms with E-state index in [0.29, 0.717) is 37.6 Å². The molecule has 0 radical (unpaired) electrons. The van der Waals surface area contributed by atoms with Gasteiger partial charge in [-0.25, -0.2) is 0 Å². The number of hydrogen-bond donors (Lipinski definition) is 1. The van der Waals surface area contributed by atoms with Crippen molar-refractivity contribution in [3.63, 3.8) is 0 Å². The van der Waals surface area contributed by atoms with E-state index in [-0.39, 0.29) is 30.2 Å². The lowest BCUT2D eigenvalue weighted by Crippen LogP contribution is -2.58. The minimum atomic E-state index is -1.02. The molecule has 2 aromatic rings. The summed E-state index contributed by atoms with van der Waals surface area (Å²) in [6.07, 6.45) is 8.74. The summed E-state index contributed by atoms with van der Waals surface area (Å²) in [5, 5.41) is 10.7. The molecule has 2 fully saturated rings. The molecule has 1 N–H and O–H groups in total. The molecule has 4 aliphatic rings. The van der Waals surface area contributed by atoms with Crippen LogP contribution < -0.4 is 19.3 Å². The average Bonchev–Trinajstić information content (AvgIpc) is 3.33. The summed E-state index contributed by atoms with van der Waals surface area (Å²) in [4.78, 5) is 49.6. The number of likely N-dealkylation sites (tertiary alicyclic amines) is 1. The van der Waals surface area contributed by atoms with Gasteiger partial charge in [0.15, 0.2) is 0 Å². The number of aliphatic hydroxyl groups is 1. The number of benzene rings is 2. The van der Waals surface area contributed by atoms with Crippen LogP contribution in [0.4, 0.5) is 11.4 Å². The lowest BCUT2D eigenvalue weighted by Gasteiger charge is -2.41. The van der Waals surface area contributed by atoms with Gasteiger partial charge in [0.05, 0.1) is 42.9 Å². The van der Waals surface area contributed by atoms with Gasteiger partial charge in [-0.15, -0.1) is 11.8 Å². The van der Waals surface area contributed by atoms with Crippen molar-refractivity contribution in [2.75, 3.05) is 43.2 Å². The third-order valence-electron chi connectivity index (χ3n) is 10.2. The summed E-state index contributed by atoms with van der Waals surface area (Å²) in [7, 11) is 1.59. The molecule has 1 spiro atoms. The Morgan fingerprint density at radius 2 is 1.46 bits per heavy atom. The number of ether oxygens (including phenoxy) is 2. The molecule has 9 nitrogen and oxygen atoms in total. The summed E-state index contributed by atoms with van der Waals surface area (Å²) in [6.45, 7) is 8.90. The molecule has 244 valence electrons. The van der Waals surface area contributed by atoms with Crippen molar-refractivity contribution >= 4 is 40.9 Å². The zero-order valence-electron chi connectivity index (χ0n) is 27.1. The van der Waals surface area contributed by atoms with Crippen molar-refractivity contribution in [2.24, 2.45) is 17.8 Å². The molecule has 2 aromatic carbocycles. The van der Waals surface area contributed by atoms with E-state index in [2.05, 4.69) is 6.08 Å². The highest BCUT2D eigenvalue weighted by Gasteiger charge is 2.74. The second-order valence-corrected chi connectivity index (χ2v) is 14.5. The first-order valence-electron chi connectivity index (χ1n) is 16.1. The Hall–Kier alpha value is -3.76. The first-order valence-corrected chi connectivity index (χ1v) is 16.9. The van der Waals surface area contributed by atoms with Crippen molar-refractivity contribution in [1.82, 2.24) is 4.90 Å². The second kappa shape index (κ2) is 12.4. The number of rotatable bonds is 9. The second-order valence-electron chi connectivity index (χ2n) is 12.7. The van der Waals surface area contributed by atoms with Crippen molar-refractivity contribution in [3.8, 4) is 11.5 Å². The maximum atomic E-state index is 14.9. The Bertz CT molecular complexity index is 1540. The van der Waals surface area contributed by atoms with Crippen LogP contribution in [0.2, 0.25) is 0 Å². The predicted molar refractivity (Wildman–Crippen MR) is 180 cm³/mol. The van der Waals surface area contributed by atoms with Crippen LogP contribution in [-0.2, 0) is 14.4 Å². The summed E-state index contributed by atoms with van der Waals surface area (Å²) >= 11 is 1.54. The number of thioether (sulfide) groups is 1. The normalized spacial score (nSPS) is 30.0. The Balaban J connectivity index is 1.46. The van der Waals surface area contributed by atoms with Gasteiger partial charge in [0, 0.05) is 29.2 Å². The molecular formula is C36H43N3O6S. The monoisotopic (exact) mass is 645 g/mol. The highest BCUT2D eigenvalue weighted by atomic mass is 32.2. The smallest absolute Gasteiger partial charge is 0.251 e. The van der Waals surface area contributed by atoms with E-state index < -0.39 is 33.4 Å². The third-order valence-corrected chi connectivity index (χ3v) is 12.0.